The van der Waals surface area contributed by atoms with Crippen molar-refractivity contribution in [3.05, 3.63) is 53.1 Å². The number of amides is 2. The Hall–Kier alpha value is -2.62. The quantitative estimate of drug-likeness (QED) is 0.635. The number of anilines is 1. The molecule has 1 aliphatic rings. The van der Waals surface area contributed by atoms with Crippen LogP contribution in [0.25, 0.3) is 0 Å². The SMILES string of the molecule is COc1ccc(Cl)cc1NC(=O)CN(C)C(=O)c1cccc(S(=O)(=O)N2CCCCC2C)c1. The zero-order chi connectivity index (χ0) is 24.2. The molecule has 0 bridgehead atoms. The molecule has 1 heterocycles. The Balaban J connectivity index is 1.72. The second-order valence-corrected chi connectivity index (χ2v) is 10.4. The first kappa shape index (κ1) is 25.0. The molecular formula is C23H28ClN3O5S. The van der Waals surface area contributed by atoms with Gasteiger partial charge >= 0.3 is 0 Å². The van der Waals surface area contributed by atoms with Crippen LogP contribution >= 0.6 is 11.6 Å². The molecule has 0 aromatic heterocycles. The third-order valence-corrected chi connectivity index (χ3v) is 7.84. The molecule has 2 amide bonds. The molecule has 10 heteroatoms. The standard InChI is InChI=1S/C23H28ClN3O5S/c1-16-7-4-5-12-27(16)33(30,31)19-9-6-8-17(13-19)23(29)26(2)15-22(28)25-20-14-18(24)10-11-21(20)32-3/h6,8-11,13-14,16H,4-5,7,12,15H2,1-3H3,(H,25,28). The van der Waals surface area contributed by atoms with Crippen molar-refractivity contribution in [3.63, 3.8) is 0 Å². The third-order valence-electron chi connectivity index (χ3n) is 5.59. The molecule has 33 heavy (non-hydrogen) atoms. The lowest BCUT2D eigenvalue weighted by molar-refractivity contribution is -0.116. The lowest BCUT2D eigenvalue weighted by Crippen LogP contribution is -2.42. The molecule has 178 valence electrons. The van der Waals surface area contributed by atoms with Gasteiger partial charge in [0.05, 0.1) is 24.2 Å². The average Bonchev–Trinajstić information content (AvgIpc) is 2.79. The number of carbonyl (C=O) groups excluding carboxylic acids is 2. The fourth-order valence-corrected chi connectivity index (χ4v) is 5.75. The van der Waals surface area contributed by atoms with E-state index in [-0.39, 0.29) is 23.0 Å². The smallest absolute Gasteiger partial charge is 0.254 e. The van der Waals surface area contributed by atoms with Crippen LogP contribution in [-0.2, 0) is 14.8 Å². The van der Waals surface area contributed by atoms with E-state index in [1.54, 1.807) is 24.3 Å². The number of sulfonamides is 1. The van der Waals surface area contributed by atoms with Gasteiger partial charge in [0.15, 0.2) is 0 Å². The van der Waals surface area contributed by atoms with Crippen LogP contribution in [0.3, 0.4) is 0 Å². The number of piperidine rings is 1. The van der Waals surface area contributed by atoms with Crippen LogP contribution in [-0.4, -0.2) is 62.7 Å². The number of halogens is 1. The van der Waals surface area contributed by atoms with Gasteiger partial charge in [0.1, 0.15) is 5.75 Å². The molecule has 2 aromatic rings. The fourth-order valence-electron chi connectivity index (χ4n) is 3.83. The number of carbonyl (C=O) groups is 2. The minimum atomic E-state index is -3.71. The number of rotatable bonds is 7. The number of nitrogens with zero attached hydrogens (tertiary/aromatic N) is 2. The van der Waals surface area contributed by atoms with Gasteiger partial charge in [-0.2, -0.15) is 4.31 Å². The summed E-state index contributed by atoms with van der Waals surface area (Å²) in [6.45, 7) is 2.12. The lowest BCUT2D eigenvalue weighted by Gasteiger charge is -2.32. The Bertz CT molecular complexity index is 1140. The van der Waals surface area contributed by atoms with Crippen LogP contribution in [0.4, 0.5) is 5.69 Å². The summed E-state index contributed by atoms with van der Waals surface area (Å²) in [5.41, 5.74) is 0.580. The Morgan fingerprint density at radius 3 is 2.67 bits per heavy atom. The molecule has 0 spiro atoms. The predicted octanol–water partition coefficient (Wildman–Crippen LogP) is 3.62. The number of benzene rings is 2. The van der Waals surface area contributed by atoms with Crippen molar-refractivity contribution in [1.82, 2.24) is 9.21 Å². The van der Waals surface area contributed by atoms with E-state index in [0.29, 0.717) is 23.0 Å². The number of nitrogens with one attached hydrogen (secondary N) is 1. The van der Waals surface area contributed by atoms with Gasteiger partial charge in [0.2, 0.25) is 15.9 Å². The third kappa shape index (κ3) is 5.85. The van der Waals surface area contributed by atoms with Crippen molar-refractivity contribution in [2.24, 2.45) is 0 Å². The minimum Gasteiger partial charge on any atom is -0.495 e. The summed E-state index contributed by atoms with van der Waals surface area (Å²) in [5.74, 6) is -0.476. The predicted molar refractivity (Wildman–Crippen MR) is 127 cm³/mol. The van der Waals surface area contributed by atoms with Gasteiger partial charge in [-0.25, -0.2) is 8.42 Å². The first-order valence-electron chi connectivity index (χ1n) is 10.6. The Morgan fingerprint density at radius 2 is 1.97 bits per heavy atom. The molecule has 1 atom stereocenters. The van der Waals surface area contributed by atoms with E-state index in [9.17, 15) is 18.0 Å². The summed E-state index contributed by atoms with van der Waals surface area (Å²) in [7, 11) is -0.762. The van der Waals surface area contributed by atoms with E-state index in [1.807, 2.05) is 6.92 Å². The van der Waals surface area contributed by atoms with Crippen LogP contribution in [0, 0.1) is 0 Å². The molecule has 0 radical (unpaired) electrons. The maximum Gasteiger partial charge on any atom is 0.254 e. The van der Waals surface area contributed by atoms with Gasteiger partial charge in [-0.3, -0.25) is 9.59 Å². The summed E-state index contributed by atoms with van der Waals surface area (Å²) in [6, 6.07) is 10.7. The monoisotopic (exact) mass is 493 g/mol. The Kier molecular flexibility index (Phi) is 7.99. The van der Waals surface area contributed by atoms with Gasteiger partial charge in [0.25, 0.3) is 5.91 Å². The maximum absolute atomic E-state index is 13.1. The van der Waals surface area contributed by atoms with Gasteiger partial charge in [-0.05, 0) is 56.2 Å². The number of likely N-dealkylation sites (N-methyl/N-ethyl adjacent to an activating group) is 1. The molecule has 8 nitrogen and oxygen atoms in total. The summed E-state index contributed by atoms with van der Waals surface area (Å²) in [6.07, 6.45) is 2.63. The molecule has 1 N–H and O–H groups in total. The van der Waals surface area contributed by atoms with Crippen LogP contribution in [0.1, 0.15) is 36.5 Å². The van der Waals surface area contributed by atoms with Crippen LogP contribution < -0.4 is 10.1 Å². The number of methoxy groups -OCH3 is 1. The molecule has 1 fully saturated rings. The van der Waals surface area contributed by atoms with E-state index in [2.05, 4.69) is 5.32 Å². The zero-order valence-electron chi connectivity index (χ0n) is 18.9. The van der Waals surface area contributed by atoms with Crippen LogP contribution in [0.5, 0.6) is 5.75 Å². The van der Waals surface area contributed by atoms with Crippen LogP contribution in [0.15, 0.2) is 47.4 Å². The second kappa shape index (κ2) is 10.5. The van der Waals surface area contributed by atoms with Gasteiger partial charge in [-0.15, -0.1) is 0 Å². The van der Waals surface area contributed by atoms with E-state index in [1.165, 1.54) is 41.6 Å². The Morgan fingerprint density at radius 1 is 1.21 bits per heavy atom. The average molecular weight is 494 g/mol. The summed E-state index contributed by atoms with van der Waals surface area (Å²) in [4.78, 5) is 26.7. The van der Waals surface area contributed by atoms with Crippen molar-refractivity contribution in [3.8, 4) is 5.75 Å². The topological polar surface area (TPSA) is 96.0 Å². The van der Waals surface area contributed by atoms with Crippen molar-refractivity contribution < 1.29 is 22.7 Å². The molecule has 0 saturated carbocycles. The fraction of sp³-hybridized carbons (Fsp3) is 0.391. The van der Waals surface area contributed by atoms with Crippen molar-refractivity contribution in [2.45, 2.75) is 37.1 Å². The maximum atomic E-state index is 13.1. The van der Waals surface area contributed by atoms with Crippen molar-refractivity contribution >= 4 is 39.1 Å². The molecule has 1 unspecified atom stereocenters. The van der Waals surface area contributed by atoms with E-state index >= 15 is 0 Å². The number of ether oxygens (including phenoxy) is 1. The van der Waals surface area contributed by atoms with Crippen LogP contribution in [0.2, 0.25) is 5.02 Å². The lowest BCUT2D eigenvalue weighted by atomic mass is 10.1. The molecule has 2 aromatic carbocycles. The highest BCUT2D eigenvalue weighted by atomic mass is 35.5. The molecule has 1 saturated heterocycles. The van der Waals surface area contributed by atoms with Gasteiger partial charge < -0.3 is 15.0 Å². The minimum absolute atomic E-state index is 0.0728. The number of hydrogen-bond donors (Lipinski definition) is 1. The van der Waals surface area contributed by atoms with E-state index in [0.717, 1.165) is 19.3 Å². The van der Waals surface area contributed by atoms with Gasteiger partial charge in [-0.1, -0.05) is 24.1 Å². The molecule has 3 rings (SSSR count). The molecule has 0 aliphatic carbocycles. The highest BCUT2D eigenvalue weighted by Crippen LogP contribution is 2.28. The first-order valence-corrected chi connectivity index (χ1v) is 12.5. The highest BCUT2D eigenvalue weighted by Gasteiger charge is 2.31. The molecule has 1 aliphatic heterocycles. The van der Waals surface area contributed by atoms with Crippen molar-refractivity contribution in [1.29, 1.82) is 0 Å². The summed E-state index contributed by atoms with van der Waals surface area (Å²) in [5, 5.41) is 3.11. The highest BCUT2D eigenvalue weighted by molar-refractivity contribution is 7.89. The van der Waals surface area contributed by atoms with Gasteiger partial charge in [0, 0.05) is 30.2 Å². The largest absolute Gasteiger partial charge is 0.495 e. The van der Waals surface area contributed by atoms with Crippen molar-refractivity contribution in [2.75, 3.05) is 32.6 Å². The zero-order valence-corrected chi connectivity index (χ0v) is 20.4. The summed E-state index contributed by atoms with van der Waals surface area (Å²) >= 11 is 5.99. The van der Waals surface area contributed by atoms with E-state index in [4.69, 9.17) is 16.3 Å². The summed E-state index contributed by atoms with van der Waals surface area (Å²) < 4.78 is 33.0. The Labute approximate surface area is 199 Å². The number of hydrogen-bond acceptors (Lipinski definition) is 5. The molecular weight excluding hydrogens is 466 g/mol. The normalized spacial score (nSPS) is 16.8. The first-order chi connectivity index (χ1) is 15.6. The van der Waals surface area contributed by atoms with E-state index < -0.39 is 21.8 Å². The second-order valence-electron chi connectivity index (χ2n) is 8.04.